The quantitative estimate of drug-likeness (QED) is 0.401. The van der Waals surface area contributed by atoms with Crippen LogP contribution in [0.4, 0.5) is 0 Å². The fraction of sp³-hybridized carbons (Fsp3) is 0.0500. The van der Waals surface area contributed by atoms with Crippen molar-refractivity contribution in [2.24, 2.45) is 0 Å². The van der Waals surface area contributed by atoms with Crippen LogP contribution in [0.25, 0.3) is 0 Å². The van der Waals surface area contributed by atoms with E-state index in [0.717, 1.165) is 21.2 Å². The average Bonchev–Trinajstić information content (AvgIpc) is 2.92. The molecule has 0 radical (unpaired) electrons. The highest BCUT2D eigenvalue weighted by molar-refractivity contribution is 9.13. The number of carbonyl (C=O) groups is 1. The van der Waals surface area contributed by atoms with Gasteiger partial charge < -0.3 is 9.47 Å². The molecule has 122 valence electrons. The monoisotopic (exact) mass is 456 g/mol. The van der Waals surface area contributed by atoms with Crippen LogP contribution in [0.1, 0.15) is 27.0 Å². The Morgan fingerprint density at radius 1 is 0.760 bits per heavy atom. The van der Waals surface area contributed by atoms with Crippen LogP contribution in [-0.2, 0) is 10.3 Å². The van der Waals surface area contributed by atoms with Crippen LogP contribution in [0.15, 0.2) is 69.6 Å². The van der Waals surface area contributed by atoms with E-state index in [4.69, 9.17) is 9.47 Å². The van der Waals surface area contributed by atoms with Crippen molar-refractivity contribution >= 4 is 37.8 Å². The third-order valence-electron chi connectivity index (χ3n) is 4.68. The first-order chi connectivity index (χ1) is 12.1. The Labute approximate surface area is 160 Å². The Morgan fingerprint density at radius 3 is 2.00 bits per heavy atom. The molecule has 5 rings (SSSR count). The Bertz CT molecular complexity index is 1010. The number of rotatable bonds is 0. The third-order valence-corrected chi connectivity index (χ3v) is 6.69. The summed E-state index contributed by atoms with van der Waals surface area (Å²) in [5, 5.41) is 0. The van der Waals surface area contributed by atoms with Gasteiger partial charge >= 0.3 is 5.97 Å². The number of hydrogen-bond donors (Lipinski definition) is 0. The molecule has 0 aliphatic carbocycles. The maximum atomic E-state index is 12.8. The molecule has 3 aromatic rings. The minimum absolute atomic E-state index is 0.352. The van der Waals surface area contributed by atoms with E-state index in [9.17, 15) is 4.79 Å². The standard InChI is InChI=1S/C20H10Br2O3/c21-14-10-9-13-17(18(14)22)19(23)25-20(13)11-5-1-3-7-15(11)24-16-8-4-2-6-12(16)20/h1-10H. The van der Waals surface area contributed by atoms with Gasteiger partial charge in [-0.05, 0) is 50.1 Å². The highest BCUT2D eigenvalue weighted by Gasteiger charge is 2.54. The normalized spacial score (nSPS) is 15.8. The first-order valence-electron chi connectivity index (χ1n) is 7.71. The fourth-order valence-corrected chi connectivity index (χ4v) is 4.48. The molecule has 3 aromatic carbocycles. The maximum Gasteiger partial charge on any atom is 0.341 e. The molecular formula is C20H10Br2O3. The summed E-state index contributed by atoms with van der Waals surface area (Å²) in [4.78, 5) is 12.8. The second kappa shape index (κ2) is 5.19. The molecule has 0 amide bonds. The van der Waals surface area contributed by atoms with Crippen molar-refractivity contribution in [2.75, 3.05) is 0 Å². The molecule has 0 unspecified atom stereocenters. The molecule has 0 N–H and O–H groups in total. The summed E-state index contributed by atoms with van der Waals surface area (Å²) >= 11 is 7.00. The van der Waals surface area contributed by atoms with Crippen molar-refractivity contribution in [1.29, 1.82) is 0 Å². The third kappa shape index (κ3) is 1.88. The SMILES string of the molecule is O=C1OC2(c3ccccc3Oc3ccccc32)c2ccc(Br)c(Br)c21. The smallest absolute Gasteiger partial charge is 0.341 e. The summed E-state index contributed by atoms with van der Waals surface area (Å²) in [6.45, 7) is 0. The zero-order valence-electron chi connectivity index (χ0n) is 12.8. The predicted molar refractivity (Wildman–Crippen MR) is 100 cm³/mol. The van der Waals surface area contributed by atoms with Gasteiger partial charge in [-0.3, -0.25) is 0 Å². The average molecular weight is 458 g/mol. The second-order valence-electron chi connectivity index (χ2n) is 5.95. The van der Waals surface area contributed by atoms with Crippen LogP contribution in [0, 0.1) is 0 Å². The summed E-state index contributed by atoms with van der Waals surface area (Å²) in [7, 11) is 0. The molecule has 0 saturated carbocycles. The summed E-state index contributed by atoms with van der Waals surface area (Å²) in [5.74, 6) is 1.04. The number of fused-ring (bicyclic) bond motifs is 6. The Hall–Kier alpha value is -2.11. The first kappa shape index (κ1) is 15.2. The largest absolute Gasteiger partial charge is 0.456 e. The van der Waals surface area contributed by atoms with Gasteiger partial charge in [-0.25, -0.2) is 4.79 Å². The molecule has 0 bridgehead atoms. The van der Waals surface area contributed by atoms with Gasteiger partial charge in [-0.2, -0.15) is 0 Å². The van der Waals surface area contributed by atoms with Crippen molar-refractivity contribution in [2.45, 2.75) is 5.60 Å². The van der Waals surface area contributed by atoms with E-state index in [-0.39, 0.29) is 5.97 Å². The van der Waals surface area contributed by atoms with E-state index in [0.29, 0.717) is 21.5 Å². The minimum atomic E-state index is -0.999. The van der Waals surface area contributed by atoms with Crippen LogP contribution in [0.3, 0.4) is 0 Å². The molecule has 0 aromatic heterocycles. The van der Waals surface area contributed by atoms with Gasteiger partial charge in [0.1, 0.15) is 11.5 Å². The van der Waals surface area contributed by atoms with Crippen LogP contribution < -0.4 is 4.74 Å². The molecule has 1 spiro atoms. The lowest BCUT2D eigenvalue weighted by Crippen LogP contribution is -2.32. The molecule has 25 heavy (non-hydrogen) atoms. The van der Waals surface area contributed by atoms with E-state index in [2.05, 4.69) is 31.9 Å². The van der Waals surface area contributed by atoms with Gasteiger partial charge in [-0.15, -0.1) is 0 Å². The van der Waals surface area contributed by atoms with Crippen LogP contribution in [-0.4, -0.2) is 5.97 Å². The second-order valence-corrected chi connectivity index (χ2v) is 7.60. The van der Waals surface area contributed by atoms with E-state index >= 15 is 0 Å². The number of para-hydroxylation sites is 2. The van der Waals surface area contributed by atoms with E-state index in [1.165, 1.54) is 0 Å². The van der Waals surface area contributed by atoms with E-state index < -0.39 is 5.60 Å². The highest BCUT2D eigenvalue weighted by atomic mass is 79.9. The number of halogens is 2. The van der Waals surface area contributed by atoms with Gasteiger partial charge in [0.25, 0.3) is 0 Å². The van der Waals surface area contributed by atoms with Gasteiger partial charge in [0.05, 0.1) is 5.56 Å². The fourth-order valence-electron chi connectivity index (χ4n) is 3.65. The number of ether oxygens (including phenoxy) is 2. The van der Waals surface area contributed by atoms with Gasteiger partial charge in [0, 0.05) is 25.6 Å². The van der Waals surface area contributed by atoms with Gasteiger partial charge in [0.15, 0.2) is 5.60 Å². The first-order valence-corrected chi connectivity index (χ1v) is 9.30. The zero-order chi connectivity index (χ0) is 17.2. The van der Waals surface area contributed by atoms with E-state index in [1.54, 1.807) is 0 Å². The summed E-state index contributed by atoms with van der Waals surface area (Å²) < 4.78 is 13.7. The molecule has 0 atom stereocenters. The molecule has 2 heterocycles. The highest BCUT2D eigenvalue weighted by Crippen LogP contribution is 2.57. The molecule has 5 heteroatoms. The van der Waals surface area contributed by atoms with Crippen molar-refractivity contribution in [1.82, 2.24) is 0 Å². The molecule has 3 nitrogen and oxygen atoms in total. The molecular weight excluding hydrogens is 448 g/mol. The summed E-state index contributed by atoms with van der Waals surface area (Å²) in [5.41, 5.74) is 2.02. The lowest BCUT2D eigenvalue weighted by molar-refractivity contribution is 0.0224. The van der Waals surface area contributed by atoms with Crippen molar-refractivity contribution in [3.05, 3.63) is 91.9 Å². The summed E-state index contributed by atoms with van der Waals surface area (Å²) in [6.07, 6.45) is 0. The summed E-state index contributed by atoms with van der Waals surface area (Å²) in [6, 6.07) is 19.2. The van der Waals surface area contributed by atoms with Crippen molar-refractivity contribution in [3.63, 3.8) is 0 Å². The lowest BCUT2D eigenvalue weighted by atomic mass is 9.78. The van der Waals surface area contributed by atoms with Crippen molar-refractivity contribution < 1.29 is 14.3 Å². The number of hydrogen-bond acceptors (Lipinski definition) is 3. The predicted octanol–water partition coefficient (Wildman–Crippen LogP) is 5.78. The number of carbonyl (C=O) groups excluding carboxylic acids is 1. The Kier molecular flexibility index (Phi) is 3.15. The molecule has 2 aliphatic heterocycles. The molecule has 2 aliphatic rings. The van der Waals surface area contributed by atoms with Crippen molar-refractivity contribution in [3.8, 4) is 11.5 Å². The van der Waals surface area contributed by atoms with Crippen LogP contribution in [0.2, 0.25) is 0 Å². The Balaban J connectivity index is 1.93. The topological polar surface area (TPSA) is 35.5 Å². The van der Waals surface area contributed by atoms with Crippen LogP contribution in [0.5, 0.6) is 11.5 Å². The van der Waals surface area contributed by atoms with Crippen LogP contribution >= 0.6 is 31.9 Å². The zero-order valence-corrected chi connectivity index (χ0v) is 15.9. The maximum absolute atomic E-state index is 12.8. The Morgan fingerprint density at radius 2 is 1.36 bits per heavy atom. The molecule has 0 saturated heterocycles. The lowest BCUT2D eigenvalue weighted by Gasteiger charge is -2.36. The van der Waals surface area contributed by atoms with Gasteiger partial charge in [0.2, 0.25) is 0 Å². The van der Waals surface area contributed by atoms with E-state index in [1.807, 2.05) is 60.7 Å². The number of esters is 1. The number of benzene rings is 3. The minimum Gasteiger partial charge on any atom is -0.456 e. The van der Waals surface area contributed by atoms with Gasteiger partial charge in [-0.1, -0.05) is 42.5 Å². The molecule has 0 fully saturated rings.